The lowest BCUT2D eigenvalue weighted by molar-refractivity contribution is 0.102. The van der Waals surface area contributed by atoms with Crippen LogP contribution in [0.1, 0.15) is 34.5 Å². The van der Waals surface area contributed by atoms with Crippen LogP contribution >= 0.6 is 11.8 Å². The quantitative estimate of drug-likeness (QED) is 0.660. The largest absolute Gasteiger partial charge is 0.358 e. The molecule has 0 saturated heterocycles. The van der Waals surface area contributed by atoms with E-state index in [1.165, 1.54) is 34.4 Å². The maximum atomic E-state index is 12.6. The second kappa shape index (κ2) is 6.36. The Hall–Kier alpha value is -2.20. The lowest BCUT2D eigenvalue weighted by Crippen LogP contribution is -2.11. The van der Waals surface area contributed by atoms with Gasteiger partial charge in [-0.15, -0.1) is 11.8 Å². The van der Waals surface area contributed by atoms with E-state index in [0.717, 1.165) is 24.0 Å². The highest BCUT2D eigenvalue weighted by Crippen LogP contribution is 2.30. The number of benzene rings is 2. The van der Waals surface area contributed by atoms with Crippen molar-refractivity contribution in [2.75, 3.05) is 11.6 Å². The van der Waals surface area contributed by atoms with E-state index in [2.05, 4.69) is 10.3 Å². The number of thioether (sulfide) groups is 1. The van der Waals surface area contributed by atoms with Crippen molar-refractivity contribution in [2.45, 2.75) is 30.6 Å². The first-order chi connectivity index (χ1) is 11.7. The Morgan fingerprint density at radius 2 is 1.88 bits per heavy atom. The predicted octanol–water partition coefficient (Wildman–Crippen LogP) is 5.02. The van der Waals surface area contributed by atoms with Gasteiger partial charge < -0.3 is 10.3 Å². The van der Waals surface area contributed by atoms with Gasteiger partial charge >= 0.3 is 0 Å². The molecule has 1 amide bonds. The molecule has 0 radical (unpaired) electrons. The first kappa shape index (κ1) is 15.3. The molecule has 0 saturated carbocycles. The van der Waals surface area contributed by atoms with Crippen molar-refractivity contribution >= 4 is 34.3 Å². The Morgan fingerprint density at radius 3 is 2.67 bits per heavy atom. The van der Waals surface area contributed by atoms with E-state index in [4.69, 9.17) is 0 Å². The van der Waals surface area contributed by atoms with Crippen LogP contribution in [0.4, 0.5) is 5.69 Å². The van der Waals surface area contributed by atoms with Gasteiger partial charge in [-0.3, -0.25) is 4.79 Å². The van der Waals surface area contributed by atoms with Gasteiger partial charge in [-0.25, -0.2) is 0 Å². The molecule has 122 valence electrons. The normalized spacial score (nSPS) is 13.7. The molecule has 1 aliphatic rings. The van der Waals surface area contributed by atoms with Crippen molar-refractivity contribution in [1.82, 2.24) is 4.98 Å². The summed E-state index contributed by atoms with van der Waals surface area (Å²) in [6.07, 6.45) is 6.75. The number of fused-ring (bicyclic) bond motifs is 3. The van der Waals surface area contributed by atoms with E-state index in [0.29, 0.717) is 5.56 Å². The van der Waals surface area contributed by atoms with Crippen LogP contribution in [-0.4, -0.2) is 17.1 Å². The average Bonchev–Trinajstić information content (AvgIpc) is 3.00. The number of aryl methyl sites for hydroxylation is 2. The number of carbonyl (C=O) groups is 1. The number of hydrogen-bond acceptors (Lipinski definition) is 2. The first-order valence-corrected chi connectivity index (χ1v) is 9.56. The minimum Gasteiger partial charge on any atom is -0.358 e. The molecule has 1 aromatic heterocycles. The third kappa shape index (κ3) is 2.82. The summed E-state index contributed by atoms with van der Waals surface area (Å²) < 4.78 is 0. The van der Waals surface area contributed by atoms with Crippen LogP contribution in [0.3, 0.4) is 0 Å². The van der Waals surface area contributed by atoms with Crippen molar-refractivity contribution in [1.29, 1.82) is 0 Å². The second-order valence-electron chi connectivity index (χ2n) is 6.23. The highest BCUT2D eigenvalue weighted by Gasteiger charge is 2.16. The molecule has 0 unspecified atom stereocenters. The van der Waals surface area contributed by atoms with E-state index in [9.17, 15) is 4.79 Å². The van der Waals surface area contributed by atoms with E-state index >= 15 is 0 Å². The lowest BCUT2D eigenvalue weighted by atomic mass is 9.95. The third-order valence-electron chi connectivity index (χ3n) is 4.71. The van der Waals surface area contributed by atoms with Crippen LogP contribution in [0.5, 0.6) is 0 Å². The zero-order chi connectivity index (χ0) is 16.5. The van der Waals surface area contributed by atoms with E-state index in [1.807, 2.05) is 48.7 Å². The highest BCUT2D eigenvalue weighted by molar-refractivity contribution is 7.98. The number of hydrogen-bond donors (Lipinski definition) is 2. The molecule has 24 heavy (non-hydrogen) atoms. The topological polar surface area (TPSA) is 44.9 Å². The standard InChI is InChI=1S/C20H20N2OS/c1-24-15-9-7-14(8-10-15)21-20(23)13-6-11-19-17(12-13)16-4-2-3-5-18(16)22-19/h6-12,22H,2-5H2,1H3,(H,21,23). The van der Waals surface area contributed by atoms with Crippen molar-refractivity contribution in [3.8, 4) is 0 Å². The Labute approximate surface area is 145 Å². The maximum Gasteiger partial charge on any atom is 0.255 e. The van der Waals surface area contributed by atoms with Gasteiger partial charge in [-0.05, 0) is 80.0 Å². The molecule has 4 heteroatoms. The Balaban J connectivity index is 1.61. The van der Waals surface area contributed by atoms with Gasteiger partial charge in [-0.1, -0.05) is 0 Å². The minimum atomic E-state index is -0.0560. The summed E-state index contributed by atoms with van der Waals surface area (Å²) in [6.45, 7) is 0. The summed E-state index contributed by atoms with van der Waals surface area (Å²) >= 11 is 1.69. The molecule has 0 aliphatic heterocycles. The minimum absolute atomic E-state index is 0.0560. The molecule has 1 aliphatic carbocycles. The van der Waals surface area contributed by atoms with Crippen molar-refractivity contribution in [2.24, 2.45) is 0 Å². The zero-order valence-corrected chi connectivity index (χ0v) is 14.5. The van der Waals surface area contributed by atoms with Crippen molar-refractivity contribution in [3.63, 3.8) is 0 Å². The molecular formula is C20H20N2OS. The number of anilines is 1. The van der Waals surface area contributed by atoms with Crippen LogP contribution in [0.25, 0.3) is 10.9 Å². The fourth-order valence-electron chi connectivity index (χ4n) is 3.42. The molecule has 2 N–H and O–H groups in total. The van der Waals surface area contributed by atoms with Crippen molar-refractivity contribution < 1.29 is 4.79 Å². The number of aromatic nitrogens is 1. The monoisotopic (exact) mass is 336 g/mol. The van der Waals surface area contributed by atoms with Gasteiger partial charge in [0.2, 0.25) is 0 Å². The van der Waals surface area contributed by atoms with Gasteiger partial charge in [0, 0.05) is 32.7 Å². The molecule has 0 bridgehead atoms. The summed E-state index contributed by atoms with van der Waals surface area (Å²) in [7, 11) is 0. The Morgan fingerprint density at radius 1 is 1.08 bits per heavy atom. The van der Waals surface area contributed by atoms with Gasteiger partial charge in [0.1, 0.15) is 0 Å². The predicted molar refractivity (Wildman–Crippen MR) is 101 cm³/mol. The van der Waals surface area contributed by atoms with Gasteiger partial charge in [0.15, 0.2) is 0 Å². The zero-order valence-electron chi connectivity index (χ0n) is 13.7. The van der Waals surface area contributed by atoms with Crippen LogP contribution in [-0.2, 0) is 12.8 Å². The number of carbonyl (C=O) groups excluding carboxylic acids is 1. The van der Waals surface area contributed by atoms with Crippen LogP contribution in [0.15, 0.2) is 47.4 Å². The molecular weight excluding hydrogens is 316 g/mol. The molecule has 4 rings (SSSR count). The maximum absolute atomic E-state index is 12.6. The summed E-state index contributed by atoms with van der Waals surface area (Å²) in [5.41, 5.74) is 5.43. The fraction of sp³-hybridized carbons (Fsp3) is 0.250. The summed E-state index contributed by atoms with van der Waals surface area (Å²) in [5, 5.41) is 4.19. The smallest absolute Gasteiger partial charge is 0.255 e. The number of rotatable bonds is 3. The van der Waals surface area contributed by atoms with Crippen LogP contribution in [0, 0.1) is 0 Å². The second-order valence-corrected chi connectivity index (χ2v) is 7.11. The van der Waals surface area contributed by atoms with E-state index in [-0.39, 0.29) is 5.91 Å². The molecule has 3 nitrogen and oxygen atoms in total. The van der Waals surface area contributed by atoms with E-state index in [1.54, 1.807) is 11.8 Å². The molecule has 0 atom stereocenters. The summed E-state index contributed by atoms with van der Waals surface area (Å²) in [5.74, 6) is -0.0560. The molecule has 0 fully saturated rings. The SMILES string of the molecule is CSc1ccc(NC(=O)c2ccc3[nH]c4c(c3c2)CCCC4)cc1. The molecule has 0 spiro atoms. The van der Waals surface area contributed by atoms with Crippen LogP contribution in [0.2, 0.25) is 0 Å². The number of nitrogens with one attached hydrogen (secondary N) is 2. The number of aromatic amines is 1. The average molecular weight is 336 g/mol. The fourth-order valence-corrected chi connectivity index (χ4v) is 3.83. The van der Waals surface area contributed by atoms with Gasteiger partial charge in [0.05, 0.1) is 0 Å². The molecule has 2 aromatic carbocycles. The molecule has 1 heterocycles. The van der Waals surface area contributed by atoms with Gasteiger partial charge in [0.25, 0.3) is 5.91 Å². The van der Waals surface area contributed by atoms with E-state index < -0.39 is 0 Å². The third-order valence-corrected chi connectivity index (χ3v) is 5.45. The van der Waals surface area contributed by atoms with Crippen LogP contribution < -0.4 is 5.32 Å². The number of H-pyrrole nitrogens is 1. The highest BCUT2D eigenvalue weighted by atomic mass is 32.2. The summed E-state index contributed by atoms with van der Waals surface area (Å²) in [6, 6.07) is 13.9. The van der Waals surface area contributed by atoms with Crippen molar-refractivity contribution in [3.05, 3.63) is 59.3 Å². The first-order valence-electron chi connectivity index (χ1n) is 8.33. The summed E-state index contributed by atoms with van der Waals surface area (Å²) in [4.78, 5) is 17.3. The molecule has 3 aromatic rings. The van der Waals surface area contributed by atoms with Gasteiger partial charge in [-0.2, -0.15) is 0 Å². The number of amides is 1. The Bertz CT molecular complexity index is 896. The Kier molecular flexibility index (Phi) is 4.07. The lowest BCUT2D eigenvalue weighted by Gasteiger charge is -2.10.